The molecule has 0 heterocycles. The molecule has 0 aromatic rings. The number of rotatable bonds is 5. The third-order valence-corrected chi connectivity index (χ3v) is 5.81. The van der Waals surface area contributed by atoms with Gasteiger partial charge in [-0.2, -0.15) is 0 Å². The minimum absolute atomic E-state index is 0.00536. The minimum Gasteiger partial charge on any atom is -0.248 e. The number of hydrogen-bond donors (Lipinski definition) is 0. The Bertz CT molecular complexity index is 357. The van der Waals surface area contributed by atoms with Crippen LogP contribution < -0.4 is 0 Å². The van der Waals surface area contributed by atoms with Crippen molar-refractivity contribution in [2.45, 2.75) is 89.7 Å². The fourth-order valence-electron chi connectivity index (χ4n) is 4.71. The Labute approximate surface area is 136 Å². The zero-order valence-corrected chi connectivity index (χ0v) is 14.1. The van der Waals surface area contributed by atoms with Gasteiger partial charge in [0.1, 0.15) is 12.3 Å². The summed E-state index contributed by atoms with van der Waals surface area (Å²) in [4.78, 5) is 0. The first kappa shape index (κ1) is 19.0. The molecule has 5 unspecified atom stereocenters. The molecule has 23 heavy (non-hydrogen) atoms. The van der Waals surface area contributed by atoms with Gasteiger partial charge in [0, 0.05) is 6.42 Å². The number of hydrogen-bond acceptors (Lipinski definition) is 0. The maximum atomic E-state index is 14.5. The Hall–Kier alpha value is -0.350. The second-order valence-electron chi connectivity index (χ2n) is 7.96. The van der Waals surface area contributed by atoms with Crippen molar-refractivity contribution in [2.75, 3.05) is 0 Å². The number of halogens is 5. The molecule has 0 amide bonds. The van der Waals surface area contributed by atoms with Gasteiger partial charge in [0.2, 0.25) is 5.92 Å². The average molecular weight is 340 g/mol. The maximum absolute atomic E-state index is 14.5. The van der Waals surface area contributed by atoms with Crippen molar-refractivity contribution < 1.29 is 22.0 Å². The quantitative estimate of drug-likeness (QED) is 0.516. The predicted molar refractivity (Wildman–Crippen MR) is 81.9 cm³/mol. The summed E-state index contributed by atoms with van der Waals surface area (Å²) in [6.07, 6.45) is -0.312. The van der Waals surface area contributed by atoms with Crippen LogP contribution in [0, 0.1) is 23.7 Å². The molecule has 2 aliphatic rings. The van der Waals surface area contributed by atoms with E-state index in [0.717, 1.165) is 6.92 Å². The highest BCUT2D eigenvalue weighted by molar-refractivity contribution is 4.93. The van der Waals surface area contributed by atoms with Crippen molar-refractivity contribution in [2.24, 2.45) is 23.7 Å². The Morgan fingerprint density at radius 3 is 2.09 bits per heavy atom. The van der Waals surface area contributed by atoms with Crippen molar-refractivity contribution in [1.29, 1.82) is 0 Å². The third kappa shape index (κ3) is 5.32. The molecule has 2 aliphatic carbocycles. The maximum Gasteiger partial charge on any atom is 0.245 e. The van der Waals surface area contributed by atoms with Gasteiger partial charge in [-0.05, 0) is 82.5 Å². The topological polar surface area (TPSA) is 0 Å². The molecule has 0 aromatic carbocycles. The first-order valence-electron chi connectivity index (χ1n) is 8.97. The van der Waals surface area contributed by atoms with Crippen LogP contribution in [0.4, 0.5) is 22.0 Å². The van der Waals surface area contributed by atoms with E-state index in [4.69, 9.17) is 0 Å². The van der Waals surface area contributed by atoms with Crippen LogP contribution in [0.2, 0.25) is 0 Å². The molecule has 0 nitrogen and oxygen atoms in total. The fourth-order valence-corrected chi connectivity index (χ4v) is 4.71. The first-order chi connectivity index (χ1) is 10.7. The molecule has 0 spiro atoms. The third-order valence-electron chi connectivity index (χ3n) is 5.81. The fraction of sp³-hybridized carbons (Fsp3) is 1.00. The second-order valence-corrected chi connectivity index (χ2v) is 7.96. The lowest BCUT2D eigenvalue weighted by Crippen LogP contribution is -2.42. The van der Waals surface area contributed by atoms with Crippen molar-refractivity contribution in [3.63, 3.8) is 0 Å². The van der Waals surface area contributed by atoms with E-state index in [0.29, 0.717) is 38.5 Å². The summed E-state index contributed by atoms with van der Waals surface area (Å²) in [6.45, 7) is 2.33. The van der Waals surface area contributed by atoms with Crippen molar-refractivity contribution in [3.8, 4) is 0 Å². The molecule has 2 saturated carbocycles. The van der Waals surface area contributed by atoms with Gasteiger partial charge in [-0.15, -0.1) is 0 Å². The summed E-state index contributed by atoms with van der Waals surface area (Å²) in [5.74, 6) is -3.40. The molecule has 2 fully saturated rings. The van der Waals surface area contributed by atoms with Gasteiger partial charge in [0.15, 0.2) is 0 Å². The molecule has 2 rings (SSSR count). The average Bonchev–Trinajstić information content (AvgIpc) is 2.43. The normalized spacial score (nSPS) is 40.8. The van der Waals surface area contributed by atoms with Gasteiger partial charge >= 0.3 is 0 Å². The lowest BCUT2D eigenvalue weighted by Gasteiger charge is -2.41. The second kappa shape index (κ2) is 7.69. The molecule has 0 bridgehead atoms. The first-order valence-corrected chi connectivity index (χ1v) is 8.97. The largest absolute Gasteiger partial charge is 0.248 e. The van der Waals surface area contributed by atoms with Crippen LogP contribution in [0.1, 0.15) is 65.2 Å². The molecule has 0 radical (unpaired) electrons. The lowest BCUT2D eigenvalue weighted by atomic mass is 9.66. The van der Waals surface area contributed by atoms with E-state index in [9.17, 15) is 22.0 Å². The lowest BCUT2D eigenvalue weighted by molar-refractivity contribution is -0.0323. The van der Waals surface area contributed by atoms with E-state index in [1.165, 1.54) is 6.92 Å². The van der Waals surface area contributed by atoms with E-state index >= 15 is 0 Å². The monoisotopic (exact) mass is 340 g/mol. The van der Waals surface area contributed by atoms with Gasteiger partial charge in [0.05, 0.1) is 6.17 Å². The van der Waals surface area contributed by atoms with Crippen molar-refractivity contribution >= 4 is 0 Å². The highest BCUT2D eigenvalue weighted by atomic mass is 19.3. The molecule has 0 saturated heterocycles. The Kier molecular flexibility index (Phi) is 6.35. The highest BCUT2D eigenvalue weighted by Crippen LogP contribution is 2.46. The van der Waals surface area contributed by atoms with E-state index in [1.54, 1.807) is 0 Å². The smallest absolute Gasteiger partial charge is 0.245 e. The Balaban J connectivity index is 1.85. The summed E-state index contributed by atoms with van der Waals surface area (Å²) >= 11 is 0. The molecule has 5 atom stereocenters. The van der Waals surface area contributed by atoms with Crippen LogP contribution in [0.5, 0.6) is 0 Å². The van der Waals surface area contributed by atoms with Gasteiger partial charge in [-0.1, -0.05) is 0 Å². The summed E-state index contributed by atoms with van der Waals surface area (Å²) in [7, 11) is 0. The van der Waals surface area contributed by atoms with E-state index in [-0.39, 0.29) is 30.6 Å². The van der Waals surface area contributed by atoms with Gasteiger partial charge in [0.25, 0.3) is 0 Å². The Morgan fingerprint density at radius 2 is 1.57 bits per heavy atom. The summed E-state index contributed by atoms with van der Waals surface area (Å²) in [5.41, 5.74) is 0. The molecule has 5 heteroatoms. The summed E-state index contributed by atoms with van der Waals surface area (Å²) in [5, 5.41) is 0. The molecule has 136 valence electrons. The van der Waals surface area contributed by atoms with Gasteiger partial charge < -0.3 is 0 Å². The van der Waals surface area contributed by atoms with Crippen LogP contribution in [-0.4, -0.2) is 24.4 Å². The van der Waals surface area contributed by atoms with Crippen LogP contribution in [-0.2, 0) is 0 Å². The van der Waals surface area contributed by atoms with Crippen LogP contribution in [0.15, 0.2) is 0 Å². The molecule has 0 N–H and O–H groups in total. The summed E-state index contributed by atoms with van der Waals surface area (Å²) in [6, 6.07) is 0. The number of alkyl halides is 5. The van der Waals surface area contributed by atoms with E-state index in [2.05, 4.69) is 0 Å². The summed E-state index contributed by atoms with van der Waals surface area (Å²) < 4.78 is 68.0. The standard InChI is InChI=1S/C18H29F5/c1-11(19)9-14-7-8-15(17(21)16(14)20)13-5-3-12(4-6-13)10-18(2,22)23/h11-17H,3-10H2,1-2H3. The molecule has 0 aromatic heterocycles. The molecular weight excluding hydrogens is 311 g/mol. The van der Waals surface area contributed by atoms with Crippen molar-refractivity contribution in [3.05, 3.63) is 0 Å². The molecule has 0 aliphatic heterocycles. The zero-order valence-electron chi connectivity index (χ0n) is 14.1. The zero-order chi connectivity index (χ0) is 17.2. The van der Waals surface area contributed by atoms with Gasteiger partial charge in [-0.3, -0.25) is 0 Å². The SMILES string of the molecule is CC(F)CC1CCC(C2CCC(CC(C)(F)F)CC2)C(F)C1F. The molecular formula is C18H29F5. The predicted octanol–water partition coefficient (Wildman–Crippen LogP) is 6.29. The van der Waals surface area contributed by atoms with Gasteiger partial charge in [-0.25, -0.2) is 22.0 Å². The van der Waals surface area contributed by atoms with Crippen LogP contribution >= 0.6 is 0 Å². The van der Waals surface area contributed by atoms with Crippen LogP contribution in [0.3, 0.4) is 0 Å². The van der Waals surface area contributed by atoms with Crippen LogP contribution in [0.25, 0.3) is 0 Å². The van der Waals surface area contributed by atoms with E-state index in [1.807, 2.05) is 0 Å². The van der Waals surface area contributed by atoms with E-state index < -0.39 is 30.4 Å². The minimum atomic E-state index is -2.65. The van der Waals surface area contributed by atoms with Crippen molar-refractivity contribution in [1.82, 2.24) is 0 Å². The highest BCUT2D eigenvalue weighted by Gasteiger charge is 2.44. The Morgan fingerprint density at radius 1 is 0.957 bits per heavy atom.